The van der Waals surface area contributed by atoms with E-state index in [9.17, 15) is 18.0 Å². The molecule has 1 aliphatic heterocycles. The van der Waals surface area contributed by atoms with Crippen LogP contribution in [0.5, 0.6) is 0 Å². The van der Waals surface area contributed by atoms with E-state index in [-0.39, 0.29) is 6.54 Å². The summed E-state index contributed by atoms with van der Waals surface area (Å²) in [6.07, 6.45) is 4.99. The summed E-state index contributed by atoms with van der Waals surface area (Å²) in [5.74, 6) is -2.90. The van der Waals surface area contributed by atoms with Crippen molar-refractivity contribution in [3.05, 3.63) is 29.6 Å². The number of rotatable bonds is 3. The number of fused-ring (bicyclic) bond motifs is 1. The van der Waals surface area contributed by atoms with Crippen molar-refractivity contribution in [2.75, 3.05) is 32.0 Å². The zero-order valence-electron chi connectivity index (χ0n) is 14.7. The highest BCUT2D eigenvalue weighted by atomic mass is 19.2. The van der Waals surface area contributed by atoms with Crippen LogP contribution in [0.3, 0.4) is 0 Å². The summed E-state index contributed by atoms with van der Waals surface area (Å²) in [6, 6.07) is 1.76. The largest absolute Gasteiger partial charge is 0.347 e. The van der Waals surface area contributed by atoms with E-state index < -0.39 is 29.0 Å². The van der Waals surface area contributed by atoms with Gasteiger partial charge in [-0.3, -0.25) is 9.79 Å². The fourth-order valence-corrected chi connectivity index (χ4v) is 3.89. The molecule has 1 saturated carbocycles. The Kier molecular flexibility index (Phi) is 5.68. The molecule has 1 heterocycles. The Morgan fingerprint density at radius 1 is 1.15 bits per heavy atom. The molecule has 2 N–H and O–H groups in total. The van der Waals surface area contributed by atoms with E-state index >= 15 is 0 Å². The van der Waals surface area contributed by atoms with E-state index in [4.69, 9.17) is 0 Å². The van der Waals surface area contributed by atoms with Gasteiger partial charge in [-0.15, -0.1) is 0 Å². The molecule has 1 aromatic carbocycles. The Morgan fingerprint density at radius 3 is 2.42 bits per heavy atom. The van der Waals surface area contributed by atoms with Gasteiger partial charge >= 0.3 is 0 Å². The van der Waals surface area contributed by atoms with Gasteiger partial charge < -0.3 is 15.5 Å². The number of guanidine groups is 1. The number of aliphatic imine (C=N–C) groups is 1. The Morgan fingerprint density at radius 2 is 1.81 bits per heavy atom. The van der Waals surface area contributed by atoms with Gasteiger partial charge in [0.1, 0.15) is 0 Å². The van der Waals surface area contributed by atoms with Crippen molar-refractivity contribution in [3.8, 4) is 0 Å². The average molecular weight is 368 g/mol. The zero-order valence-corrected chi connectivity index (χ0v) is 14.7. The lowest BCUT2D eigenvalue weighted by Gasteiger charge is -2.22. The highest BCUT2D eigenvalue weighted by molar-refractivity contribution is 5.95. The summed E-state index contributed by atoms with van der Waals surface area (Å²) < 4.78 is 39.8. The molecule has 0 spiro atoms. The molecule has 2 fully saturated rings. The Labute approximate surface area is 150 Å². The molecular weight excluding hydrogens is 345 g/mol. The third kappa shape index (κ3) is 3.94. The predicted octanol–water partition coefficient (Wildman–Crippen LogP) is 2.74. The monoisotopic (exact) mass is 368 g/mol. The molecule has 2 unspecified atom stereocenters. The molecule has 26 heavy (non-hydrogen) atoms. The van der Waals surface area contributed by atoms with E-state index in [1.807, 2.05) is 0 Å². The van der Waals surface area contributed by atoms with E-state index in [0.29, 0.717) is 17.8 Å². The first-order chi connectivity index (χ1) is 12.5. The van der Waals surface area contributed by atoms with E-state index in [1.54, 1.807) is 7.05 Å². The standard InChI is InChI=1S/C18H23F3N4O/c1-22-18(25-9-11-4-2-3-5-12(11)10-25)23-8-15(26)24-14-7-6-13(19)16(20)17(14)21/h6-7,11-12H,2-5,8-10H2,1H3,(H,22,23)(H,24,26). The number of hydrogen-bond donors (Lipinski definition) is 2. The Hall–Kier alpha value is -2.25. The minimum atomic E-state index is -1.61. The molecule has 8 heteroatoms. The highest BCUT2D eigenvalue weighted by Crippen LogP contribution is 2.35. The van der Waals surface area contributed by atoms with Gasteiger partial charge in [0.25, 0.3) is 0 Å². The quantitative estimate of drug-likeness (QED) is 0.490. The van der Waals surface area contributed by atoms with Crippen LogP contribution >= 0.6 is 0 Å². The number of anilines is 1. The SMILES string of the molecule is CN=C(NCC(=O)Nc1ccc(F)c(F)c1F)N1CC2CCCCC2C1. The number of halogens is 3. The number of carbonyl (C=O) groups is 1. The summed E-state index contributed by atoms with van der Waals surface area (Å²) in [5, 5.41) is 5.20. The first-order valence-electron chi connectivity index (χ1n) is 8.88. The topological polar surface area (TPSA) is 56.7 Å². The van der Waals surface area contributed by atoms with Crippen molar-refractivity contribution in [2.45, 2.75) is 25.7 Å². The minimum absolute atomic E-state index is 0.142. The molecule has 0 aromatic heterocycles. The lowest BCUT2D eigenvalue weighted by Crippen LogP contribution is -2.43. The summed E-state index contributed by atoms with van der Waals surface area (Å²) in [5.41, 5.74) is -0.391. The third-order valence-corrected chi connectivity index (χ3v) is 5.20. The predicted molar refractivity (Wildman–Crippen MR) is 93.3 cm³/mol. The highest BCUT2D eigenvalue weighted by Gasteiger charge is 2.35. The molecule has 5 nitrogen and oxygen atoms in total. The third-order valence-electron chi connectivity index (χ3n) is 5.20. The molecule has 142 valence electrons. The first kappa shape index (κ1) is 18.5. The number of amides is 1. The molecule has 1 saturated heterocycles. The second-order valence-corrected chi connectivity index (χ2v) is 6.88. The number of nitrogens with one attached hydrogen (secondary N) is 2. The maximum Gasteiger partial charge on any atom is 0.243 e. The van der Waals surface area contributed by atoms with E-state index in [0.717, 1.165) is 25.2 Å². The summed E-state index contributed by atoms with van der Waals surface area (Å²) >= 11 is 0. The van der Waals surface area contributed by atoms with Crippen molar-refractivity contribution in [1.29, 1.82) is 0 Å². The molecular formula is C18H23F3N4O. The molecule has 3 rings (SSSR count). The van der Waals surface area contributed by atoms with Crippen molar-refractivity contribution >= 4 is 17.6 Å². The molecule has 2 atom stereocenters. The summed E-state index contributed by atoms with van der Waals surface area (Å²) in [4.78, 5) is 18.4. The molecule has 1 aliphatic carbocycles. The molecule has 2 aliphatic rings. The van der Waals surface area contributed by atoms with Crippen LogP contribution < -0.4 is 10.6 Å². The molecule has 1 amide bonds. The maximum absolute atomic E-state index is 13.6. The average Bonchev–Trinajstić information content (AvgIpc) is 3.06. The Balaban J connectivity index is 1.54. The van der Waals surface area contributed by atoms with Crippen LogP contribution in [0.2, 0.25) is 0 Å². The van der Waals surface area contributed by atoms with Crippen molar-refractivity contribution < 1.29 is 18.0 Å². The second kappa shape index (κ2) is 7.97. The van der Waals surface area contributed by atoms with Crippen LogP contribution in [0.15, 0.2) is 17.1 Å². The Bertz CT molecular complexity index is 696. The molecule has 1 aromatic rings. The fourth-order valence-electron chi connectivity index (χ4n) is 3.89. The van der Waals surface area contributed by atoms with Crippen LogP contribution in [0.25, 0.3) is 0 Å². The van der Waals surface area contributed by atoms with Crippen LogP contribution in [-0.4, -0.2) is 43.4 Å². The van der Waals surface area contributed by atoms with Crippen LogP contribution in [0.4, 0.5) is 18.9 Å². The minimum Gasteiger partial charge on any atom is -0.347 e. The summed E-state index contributed by atoms with van der Waals surface area (Å²) in [7, 11) is 1.65. The number of likely N-dealkylation sites (tertiary alicyclic amines) is 1. The summed E-state index contributed by atoms with van der Waals surface area (Å²) in [6.45, 7) is 1.70. The van der Waals surface area contributed by atoms with Crippen LogP contribution in [-0.2, 0) is 4.79 Å². The number of hydrogen-bond acceptors (Lipinski definition) is 2. The maximum atomic E-state index is 13.6. The van der Waals surface area contributed by atoms with Gasteiger partial charge in [-0.2, -0.15) is 0 Å². The first-order valence-corrected chi connectivity index (χ1v) is 8.88. The lowest BCUT2D eigenvalue weighted by atomic mass is 9.82. The van der Waals surface area contributed by atoms with Gasteiger partial charge in [-0.05, 0) is 36.8 Å². The second-order valence-electron chi connectivity index (χ2n) is 6.88. The molecule has 0 radical (unpaired) electrons. The van der Waals surface area contributed by atoms with Gasteiger partial charge in [-0.25, -0.2) is 13.2 Å². The number of benzene rings is 1. The van der Waals surface area contributed by atoms with E-state index in [1.165, 1.54) is 25.7 Å². The van der Waals surface area contributed by atoms with Crippen molar-refractivity contribution in [2.24, 2.45) is 16.8 Å². The van der Waals surface area contributed by atoms with Crippen molar-refractivity contribution in [3.63, 3.8) is 0 Å². The van der Waals surface area contributed by atoms with Gasteiger partial charge in [0.15, 0.2) is 23.4 Å². The normalized spacial score (nSPS) is 22.9. The fraction of sp³-hybridized carbons (Fsp3) is 0.556. The zero-order chi connectivity index (χ0) is 18.7. The van der Waals surface area contributed by atoms with E-state index in [2.05, 4.69) is 20.5 Å². The van der Waals surface area contributed by atoms with Gasteiger partial charge in [0, 0.05) is 20.1 Å². The smallest absolute Gasteiger partial charge is 0.243 e. The number of nitrogens with zero attached hydrogens (tertiary/aromatic N) is 2. The van der Waals surface area contributed by atoms with Crippen LogP contribution in [0.1, 0.15) is 25.7 Å². The number of carbonyl (C=O) groups excluding carboxylic acids is 1. The van der Waals surface area contributed by atoms with Gasteiger partial charge in [0.2, 0.25) is 5.91 Å². The lowest BCUT2D eigenvalue weighted by molar-refractivity contribution is -0.115. The van der Waals surface area contributed by atoms with Gasteiger partial charge in [-0.1, -0.05) is 12.8 Å². The molecule has 0 bridgehead atoms. The van der Waals surface area contributed by atoms with Gasteiger partial charge in [0.05, 0.1) is 12.2 Å². The van der Waals surface area contributed by atoms with Crippen LogP contribution in [0, 0.1) is 29.3 Å². The van der Waals surface area contributed by atoms with Crippen molar-refractivity contribution in [1.82, 2.24) is 10.2 Å².